The van der Waals surface area contributed by atoms with E-state index in [1.54, 1.807) is 42.5 Å². The second kappa shape index (κ2) is 8.19. The van der Waals surface area contributed by atoms with E-state index in [1.807, 2.05) is 13.8 Å². The summed E-state index contributed by atoms with van der Waals surface area (Å²) >= 11 is 0. The molecule has 2 aromatic rings. The fourth-order valence-electron chi connectivity index (χ4n) is 2.23. The first-order valence-corrected chi connectivity index (χ1v) is 7.92. The Hall–Kier alpha value is -3.02. The Labute approximate surface area is 146 Å². The maximum atomic E-state index is 12.3. The zero-order valence-corrected chi connectivity index (χ0v) is 14.5. The van der Waals surface area contributed by atoms with E-state index < -0.39 is 5.91 Å². The molecule has 2 amide bonds. The Morgan fingerprint density at radius 2 is 1.68 bits per heavy atom. The van der Waals surface area contributed by atoms with Gasteiger partial charge in [0.1, 0.15) is 0 Å². The zero-order valence-electron chi connectivity index (χ0n) is 14.5. The Bertz CT molecular complexity index is 755. The molecular formula is C19H22N2O4. The first-order valence-electron chi connectivity index (χ1n) is 7.92. The molecule has 6 nitrogen and oxygen atoms in total. The van der Waals surface area contributed by atoms with E-state index in [4.69, 9.17) is 15.2 Å². The summed E-state index contributed by atoms with van der Waals surface area (Å²) < 4.78 is 10.9. The number of carbonyl (C=O) groups is 2. The number of hydrogen-bond acceptors (Lipinski definition) is 4. The second-order valence-corrected chi connectivity index (χ2v) is 5.78. The molecule has 6 heteroatoms. The van der Waals surface area contributed by atoms with Gasteiger partial charge in [-0.05, 0) is 49.7 Å². The van der Waals surface area contributed by atoms with Crippen LogP contribution in [0.3, 0.4) is 0 Å². The fraction of sp³-hybridized carbons (Fsp3) is 0.263. The van der Waals surface area contributed by atoms with Crippen LogP contribution in [0.5, 0.6) is 11.5 Å². The van der Waals surface area contributed by atoms with Gasteiger partial charge in [-0.2, -0.15) is 0 Å². The highest BCUT2D eigenvalue weighted by atomic mass is 16.5. The normalized spacial score (nSPS) is 10.4. The highest BCUT2D eigenvalue weighted by molar-refractivity contribution is 5.95. The lowest BCUT2D eigenvalue weighted by molar-refractivity contribution is 0.0948. The molecule has 0 atom stereocenters. The number of amides is 2. The molecule has 0 aliphatic carbocycles. The van der Waals surface area contributed by atoms with Crippen LogP contribution in [0, 0.1) is 0 Å². The van der Waals surface area contributed by atoms with Crippen molar-refractivity contribution in [3.05, 3.63) is 59.2 Å². The van der Waals surface area contributed by atoms with Crippen molar-refractivity contribution in [2.45, 2.75) is 26.5 Å². The monoisotopic (exact) mass is 342 g/mol. The molecule has 0 aliphatic heterocycles. The smallest absolute Gasteiger partial charge is 0.251 e. The number of ether oxygens (including phenoxy) is 2. The predicted molar refractivity (Wildman–Crippen MR) is 94.9 cm³/mol. The average Bonchev–Trinajstić information content (AvgIpc) is 2.59. The second-order valence-electron chi connectivity index (χ2n) is 5.78. The molecule has 132 valence electrons. The average molecular weight is 342 g/mol. The lowest BCUT2D eigenvalue weighted by atomic mass is 10.1. The predicted octanol–water partition coefficient (Wildman–Crippen LogP) is 2.51. The van der Waals surface area contributed by atoms with Crippen LogP contribution in [0.25, 0.3) is 0 Å². The summed E-state index contributed by atoms with van der Waals surface area (Å²) in [6.07, 6.45) is 0.0111. The Kier molecular flexibility index (Phi) is 6.00. The third kappa shape index (κ3) is 4.97. The van der Waals surface area contributed by atoms with Crippen molar-refractivity contribution in [1.29, 1.82) is 0 Å². The molecule has 0 radical (unpaired) electrons. The Morgan fingerprint density at radius 3 is 2.24 bits per heavy atom. The number of primary amides is 1. The molecule has 0 bridgehead atoms. The molecule has 2 aromatic carbocycles. The van der Waals surface area contributed by atoms with Gasteiger partial charge in [0, 0.05) is 17.7 Å². The van der Waals surface area contributed by atoms with Gasteiger partial charge in [-0.15, -0.1) is 0 Å². The van der Waals surface area contributed by atoms with Gasteiger partial charge in [-0.3, -0.25) is 9.59 Å². The van der Waals surface area contributed by atoms with Crippen molar-refractivity contribution < 1.29 is 19.1 Å². The van der Waals surface area contributed by atoms with Crippen molar-refractivity contribution in [3.8, 4) is 11.5 Å². The van der Waals surface area contributed by atoms with E-state index in [0.29, 0.717) is 29.2 Å². The first kappa shape index (κ1) is 18.3. The lowest BCUT2D eigenvalue weighted by Gasteiger charge is -2.14. The highest BCUT2D eigenvalue weighted by Crippen LogP contribution is 2.28. The highest BCUT2D eigenvalue weighted by Gasteiger charge is 2.12. The molecule has 0 heterocycles. The van der Waals surface area contributed by atoms with Crippen LogP contribution in [0.1, 0.15) is 40.1 Å². The van der Waals surface area contributed by atoms with Crippen LogP contribution < -0.4 is 20.5 Å². The molecule has 0 fully saturated rings. The van der Waals surface area contributed by atoms with Gasteiger partial charge < -0.3 is 20.5 Å². The lowest BCUT2D eigenvalue weighted by Crippen LogP contribution is -2.23. The molecule has 0 unspecified atom stereocenters. The standard InChI is InChI=1S/C19H22N2O4/c1-12(2)25-16-9-8-15(10-17(16)24-3)19(23)21-11-13-4-6-14(7-5-13)18(20)22/h4-10,12H,11H2,1-3H3,(H2,20,22)(H,21,23). The van der Waals surface area contributed by atoms with Crippen LogP contribution in [0.2, 0.25) is 0 Å². The summed E-state index contributed by atoms with van der Waals surface area (Å²) in [6.45, 7) is 4.18. The van der Waals surface area contributed by atoms with E-state index in [1.165, 1.54) is 7.11 Å². The van der Waals surface area contributed by atoms with Gasteiger partial charge in [0.05, 0.1) is 13.2 Å². The van der Waals surface area contributed by atoms with Crippen molar-refractivity contribution >= 4 is 11.8 Å². The molecule has 0 aliphatic rings. The molecule has 0 spiro atoms. The van der Waals surface area contributed by atoms with E-state index in [9.17, 15) is 9.59 Å². The van der Waals surface area contributed by atoms with E-state index in [2.05, 4.69) is 5.32 Å². The largest absolute Gasteiger partial charge is 0.493 e. The number of rotatable bonds is 7. The maximum absolute atomic E-state index is 12.3. The van der Waals surface area contributed by atoms with Gasteiger partial charge in [-0.1, -0.05) is 12.1 Å². The van der Waals surface area contributed by atoms with Crippen LogP contribution in [-0.2, 0) is 6.54 Å². The molecule has 3 N–H and O–H groups in total. The molecule has 25 heavy (non-hydrogen) atoms. The summed E-state index contributed by atoms with van der Waals surface area (Å²) in [5, 5.41) is 2.82. The van der Waals surface area contributed by atoms with E-state index >= 15 is 0 Å². The van der Waals surface area contributed by atoms with E-state index in [-0.39, 0.29) is 12.0 Å². The summed E-state index contributed by atoms with van der Waals surface area (Å²) in [5.74, 6) is 0.392. The molecule has 0 saturated carbocycles. The van der Waals surface area contributed by atoms with Crippen LogP contribution in [-0.4, -0.2) is 25.0 Å². The number of nitrogens with one attached hydrogen (secondary N) is 1. The van der Waals surface area contributed by atoms with Gasteiger partial charge >= 0.3 is 0 Å². The number of nitrogens with two attached hydrogens (primary N) is 1. The minimum absolute atomic E-state index is 0.0111. The molecule has 0 aromatic heterocycles. The minimum Gasteiger partial charge on any atom is -0.493 e. The fourth-order valence-corrected chi connectivity index (χ4v) is 2.23. The molecule has 0 saturated heterocycles. The SMILES string of the molecule is COc1cc(C(=O)NCc2ccc(C(N)=O)cc2)ccc1OC(C)C. The number of methoxy groups -OCH3 is 1. The van der Waals surface area contributed by atoms with Crippen LogP contribution in [0.15, 0.2) is 42.5 Å². The molecular weight excluding hydrogens is 320 g/mol. The maximum Gasteiger partial charge on any atom is 0.251 e. The quantitative estimate of drug-likeness (QED) is 0.809. The Balaban J connectivity index is 2.03. The Morgan fingerprint density at radius 1 is 1.04 bits per heavy atom. The number of benzene rings is 2. The van der Waals surface area contributed by atoms with Crippen molar-refractivity contribution in [1.82, 2.24) is 5.32 Å². The summed E-state index contributed by atoms with van der Waals surface area (Å²) in [4.78, 5) is 23.4. The van der Waals surface area contributed by atoms with Gasteiger partial charge in [0.2, 0.25) is 5.91 Å². The minimum atomic E-state index is -0.480. The summed E-state index contributed by atoms with van der Waals surface area (Å²) in [7, 11) is 1.53. The molecule has 2 rings (SSSR count). The van der Waals surface area contributed by atoms with Crippen molar-refractivity contribution in [3.63, 3.8) is 0 Å². The summed E-state index contributed by atoms with van der Waals surface area (Å²) in [6, 6.07) is 11.8. The van der Waals surface area contributed by atoms with Gasteiger partial charge in [0.25, 0.3) is 5.91 Å². The number of hydrogen-bond donors (Lipinski definition) is 2. The van der Waals surface area contributed by atoms with Crippen molar-refractivity contribution in [2.75, 3.05) is 7.11 Å². The van der Waals surface area contributed by atoms with Gasteiger partial charge in [0.15, 0.2) is 11.5 Å². The van der Waals surface area contributed by atoms with Gasteiger partial charge in [-0.25, -0.2) is 0 Å². The van der Waals surface area contributed by atoms with E-state index in [0.717, 1.165) is 5.56 Å². The first-order chi connectivity index (χ1) is 11.9. The zero-order chi connectivity index (χ0) is 18.4. The number of carbonyl (C=O) groups excluding carboxylic acids is 2. The third-order valence-corrected chi connectivity index (χ3v) is 3.48. The van der Waals surface area contributed by atoms with Crippen LogP contribution >= 0.6 is 0 Å². The third-order valence-electron chi connectivity index (χ3n) is 3.48. The van der Waals surface area contributed by atoms with Crippen LogP contribution in [0.4, 0.5) is 0 Å². The topological polar surface area (TPSA) is 90.6 Å². The summed E-state index contributed by atoms with van der Waals surface area (Å²) in [5.41, 5.74) is 6.97. The van der Waals surface area contributed by atoms with Crippen molar-refractivity contribution in [2.24, 2.45) is 5.73 Å².